The number of oxime groups is 1. The van der Waals surface area contributed by atoms with Crippen LogP contribution in [0, 0.1) is 5.92 Å². The lowest BCUT2D eigenvalue weighted by atomic mass is 9.90. The third-order valence-corrected chi connectivity index (χ3v) is 2.79. The van der Waals surface area contributed by atoms with Gasteiger partial charge in [-0.2, -0.15) is 0 Å². The van der Waals surface area contributed by atoms with Crippen molar-refractivity contribution in [3.8, 4) is 0 Å². The van der Waals surface area contributed by atoms with Gasteiger partial charge in [0.2, 0.25) is 0 Å². The fourth-order valence-corrected chi connectivity index (χ4v) is 1.43. The van der Waals surface area contributed by atoms with E-state index in [0.29, 0.717) is 0 Å². The molecule has 0 aliphatic heterocycles. The van der Waals surface area contributed by atoms with Crippen molar-refractivity contribution in [1.82, 2.24) is 0 Å². The second-order valence-corrected chi connectivity index (χ2v) is 4.16. The molecule has 0 aromatic carbocycles. The summed E-state index contributed by atoms with van der Waals surface area (Å²) in [5.41, 5.74) is 1.26. The molecule has 13 heavy (non-hydrogen) atoms. The van der Waals surface area contributed by atoms with E-state index in [2.05, 4.69) is 25.9 Å². The lowest BCUT2D eigenvalue weighted by Crippen LogP contribution is -2.13. The Morgan fingerprint density at radius 2 is 2.08 bits per heavy atom. The maximum Gasteiger partial charge on any atom is 0.124 e. The maximum atomic E-state index is 5.35. The van der Waals surface area contributed by atoms with Crippen LogP contribution < -0.4 is 0 Å². The van der Waals surface area contributed by atoms with Crippen molar-refractivity contribution in [3.63, 3.8) is 0 Å². The lowest BCUT2D eigenvalue weighted by molar-refractivity contribution is 0.0684. The van der Waals surface area contributed by atoms with Gasteiger partial charge in [-0.05, 0) is 44.9 Å². The Morgan fingerprint density at radius 1 is 1.46 bits per heavy atom. The van der Waals surface area contributed by atoms with E-state index in [1.807, 2.05) is 0 Å². The van der Waals surface area contributed by atoms with Crippen LogP contribution in [0.4, 0.5) is 0 Å². The molecule has 2 nitrogen and oxygen atoms in total. The monoisotopic (exact) mass is 183 g/mol. The highest BCUT2D eigenvalue weighted by Gasteiger charge is 2.13. The first-order valence-electron chi connectivity index (χ1n) is 5.44. The van der Waals surface area contributed by atoms with Gasteiger partial charge in [-0.3, -0.25) is 0 Å². The molecular weight excluding hydrogens is 162 g/mol. The zero-order valence-corrected chi connectivity index (χ0v) is 9.05. The van der Waals surface area contributed by atoms with Crippen LogP contribution in [0.3, 0.4) is 0 Å². The van der Waals surface area contributed by atoms with Crippen molar-refractivity contribution < 1.29 is 4.84 Å². The van der Waals surface area contributed by atoms with E-state index in [0.717, 1.165) is 25.2 Å². The molecule has 0 amide bonds. The van der Waals surface area contributed by atoms with Crippen molar-refractivity contribution in [3.05, 3.63) is 0 Å². The molecule has 0 aromatic rings. The average molecular weight is 183 g/mol. The van der Waals surface area contributed by atoms with Gasteiger partial charge in [-0.25, -0.2) is 0 Å². The summed E-state index contributed by atoms with van der Waals surface area (Å²) in [6.45, 7) is 6.50. The van der Waals surface area contributed by atoms with Gasteiger partial charge in [0.15, 0.2) is 0 Å². The van der Waals surface area contributed by atoms with Crippen molar-refractivity contribution in [2.45, 2.75) is 59.0 Å². The molecule has 1 atom stereocenters. The standard InChI is InChI=1S/C11H21NO/c1-4-10(3)13-12-11-7-5-9(2)6-8-11/h9-10H,4-8H2,1-3H3. The normalized spacial score (nSPS) is 25.5. The molecule has 0 aromatic heterocycles. The van der Waals surface area contributed by atoms with E-state index in [1.165, 1.54) is 18.6 Å². The number of hydrogen-bond acceptors (Lipinski definition) is 2. The van der Waals surface area contributed by atoms with Crippen LogP contribution in [-0.2, 0) is 4.84 Å². The van der Waals surface area contributed by atoms with Crippen LogP contribution in [0.5, 0.6) is 0 Å². The SMILES string of the molecule is CCC(C)ON=C1CCC(C)CC1. The minimum absolute atomic E-state index is 0.270. The topological polar surface area (TPSA) is 21.6 Å². The highest BCUT2D eigenvalue weighted by molar-refractivity contribution is 5.84. The fourth-order valence-electron chi connectivity index (χ4n) is 1.43. The van der Waals surface area contributed by atoms with E-state index in [4.69, 9.17) is 4.84 Å². The van der Waals surface area contributed by atoms with Gasteiger partial charge in [-0.15, -0.1) is 0 Å². The minimum Gasteiger partial charge on any atom is -0.393 e. The lowest BCUT2D eigenvalue weighted by Gasteiger charge is -2.19. The van der Waals surface area contributed by atoms with Gasteiger partial charge in [0.25, 0.3) is 0 Å². The molecule has 0 radical (unpaired) electrons. The van der Waals surface area contributed by atoms with Crippen LogP contribution in [0.2, 0.25) is 0 Å². The average Bonchev–Trinajstić information content (AvgIpc) is 2.16. The number of hydrogen-bond donors (Lipinski definition) is 0. The fraction of sp³-hybridized carbons (Fsp3) is 0.909. The second-order valence-electron chi connectivity index (χ2n) is 4.16. The van der Waals surface area contributed by atoms with Crippen molar-refractivity contribution in [2.75, 3.05) is 0 Å². The first-order chi connectivity index (χ1) is 6.22. The van der Waals surface area contributed by atoms with Crippen LogP contribution in [0.25, 0.3) is 0 Å². The summed E-state index contributed by atoms with van der Waals surface area (Å²) in [6, 6.07) is 0. The van der Waals surface area contributed by atoms with E-state index >= 15 is 0 Å². The van der Waals surface area contributed by atoms with E-state index in [-0.39, 0.29) is 6.10 Å². The summed E-state index contributed by atoms with van der Waals surface area (Å²) < 4.78 is 0. The van der Waals surface area contributed by atoms with Gasteiger partial charge in [-0.1, -0.05) is 19.0 Å². The molecule has 0 spiro atoms. The van der Waals surface area contributed by atoms with Crippen molar-refractivity contribution in [2.24, 2.45) is 11.1 Å². The minimum atomic E-state index is 0.270. The molecule has 1 fully saturated rings. The smallest absolute Gasteiger partial charge is 0.124 e. The molecule has 1 rings (SSSR count). The summed E-state index contributed by atoms with van der Waals surface area (Å²) in [4.78, 5) is 5.35. The third kappa shape index (κ3) is 3.79. The molecule has 1 aliphatic rings. The molecule has 1 saturated carbocycles. The molecule has 0 bridgehead atoms. The van der Waals surface area contributed by atoms with Crippen LogP contribution in [-0.4, -0.2) is 11.8 Å². The Hall–Kier alpha value is -0.530. The predicted octanol–water partition coefficient (Wildman–Crippen LogP) is 3.37. The molecule has 1 aliphatic carbocycles. The van der Waals surface area contributed by atoms with E-state index in [9.17, 15) is 0 Å². The molecule has 0 N–H and O–H groups in total. The summed E-state index contributed by atoms with van der Waals surface area (Å²) in [7, 11) is 0. The van der Waals surface area contributed by atoms with Crippen molar-refractivity contribution in [1.29, 1.82) is 0 Å². The summed E-state index contributed by atoms with van der Waals surface area (Å²) in [5, 5.41) is 4.21. The first-order valence-corrected chi connectivity index (χ1v) is 5.44. The Bertz CT molecular complexity index is 167. The summed E-state index contributed by atoms with van der Waals surface area (Å²) in [5.74, 6) is 0.877. The highest BCUT2D eigenvalue weighted by atomic mass is 16.6. The molecule has 2 heteroatoms. The Balaban J connectivity index is 2.27. The molecular formula is C11H21NO. The highest BCUT2D eigenvalue weighted by Crippen LogP contribution is 2.21. The number of nitrogens with zero attached hydrogens (tertiary/aromatic N) is 1. The second kappa shape index (κ2) is 5.25. The molecule has 0 saturated heterocycles. The van der Waals surface area contributed by atoms with Crippen molar-refractivity contribution >= 4 is 5.71 Å². The van der Waals surface area contributed by atoms with E-state index in [1.54, 1.807) is 0 Å². The summed E-state index contributed by atoms with van der Waals surface area (Å²) in [6.07, 6.45) is 6.14. The predicted molar refractivity (Wildman–Crippen MR) is 55.9 cm³/mol. The molecule has 1 unspecified atom stereocenters. The van der Waals surface area contributed by atoms with Gasteiger partial charge in [0, 0.05) is 0 Å². The Morgan fingerprint density at radius 3 is 2.62 bits per heavy atom. The number of rotatable bonds is 3. The summed E-state index contributed by atoms with van der Waals surface area (Å²) >= 11 is 0. The third-order valence-electron chi connectivity index (χ3n) is 2.79. The zero-order chi connectivity index (χ0) is 9.68. The van der Waals surface area contributed by atoms with Crippen LogP contribution >= 0.6 is 0 Å². The largest absolute Gasteiger partial charge is 0.393 e. The quantitative estimate of drug-likeness (QED) is 0.615. The maximum absolute atomic E-state index is 5.35. The van der Waals surface area contributed by atoms with Gasteiger partial charge < -0.3 is 4.84 Å². The van der Waals surface area contributed by atoms with Crippen LogP contribution in [0.15, 0.2) is 5.16 Å². The first kappa shape index (κ1) is 10.6. The molecule has 76 valence electrons. The molecule has 0 heterocycles. The Kier molecular flexibility index (Phi) is 4.26. The van der Waals surface area contributed by atoms with Gasteiger partial charge in [0.05, 0.1) is 5.71 Å². The van der Waals surface area contributed by atoms with E-state index < -0.39 is 0 Å². The zero-order valence-electron chi connectivity index (χ0n) is 9.05. The van der Waals surface area contributed by atoms with Gasteiger partial charge >= 0.3 is 0 Å². The Labute approximate surface area is 81.3 Å². The van der Waals surface area contributed by atoms with Gasteiger partial charge in [0.1, 0.15) is 6.10 Å². The van der Waals surface area contributed by atoms with Crippen LogP contribution in [0.1, 0.15) is 52.9 Å².